The van der Waals surface area contributed by atoms with Crippen LogP contribution < -0.4 is 10.1 Å². The van der Waals surface area contributed by atoms with Gasteiger partial charge in [0.15, 0.2) is 23.1 Å². The minimum Gasteiger partial charge on any atom is -0.494 e. The molecule has 0 aliphatic carbocycles. The monoisotopic (exact) mass is 488 g/mol. The molecule has 0 aliphatic rings. The third-order valence-corrected chi connectivity index (χ3v) is 5.30. The zero-order valence-corrected chi connectivity index (χ0v) is 19.3. The lowest BCUT2D eigenvalue weighted by Crippen LogP contribution is -2.11. The number of methoxy groups -OCH3 is 1. The molecule has 0 spiro atoms. The van der Waals surface area contributed by atoms with E-state index in [-0.39, 0.29) is 17.3 Å². The number of imidazole rings is 1. The van der Waals surface area contributed by atoms with Crippen molar-refractivity contribution in [2.45, 2.75) is 20.3 Å². The van der Waals surface area contributed by atoms with Crippen LogP contribution in [0.3, 0.4) is 0 Å². The van der Waals surface area contributed by atoms with Gasteiger partial charge in [-0.05, 0) is 38.1 Å². The van der Waals surface area contributed by atoms with Crippen LogP contribution in [0.15, 0.2) is 42.9 Å². The van der Waals surface area contributed by atoms with Crippen molar-refractivity contribution in [2.75, 3.05) is 12.4 Å². The first-order valence-electron chi connectivity index (χ1n) is 10.6. The van der Waals surface area contributed by atoms with Crippen LogP contribution in [0.4, 0.5) is 20.3 Å². The van der Waals surface area contributed by atoms with Gasteiger partial charge < -0.3 is 10.1 Å². The van der Waals surface area contributed by atoms with Crippen molar-refractivity contribution < 1.29 is 13.5 Å². The number of aromatic nitrogens is 8. The summed E-state index contributed by atoms with van der Waals surface area (Å²) in [5.74, 6) is 0.982. The number of nitriles is 1. The summed E-state index contributed by atoms with van der Waals surface area (Å²) in [5, 5.41) is 24.9. The minimum absolute atomic E-state index is 0.0629. The van der Waals surface area contributed by atoms with Crippen molar-refractivity contribution in [3.05, 3.63) is 65.6 Å². The maximum Gasteiger partial charge on any atom is 0.284 e. The predicted molar refractivity (Wildman–Crippen MR) is 125 cm³/mol. The van der Waals surface area contributed by atoms with Crippen LogP contribution in [-0.2, 0) is 0 Å². The van der Waals surface area contributed by atoms with Gasteiger partial charge in [0.2, 0.25) is 0 Å². The number of nitrogens with one attached hydrogen (secondary N) is 1. The maximum atomic E-state index is 13.7. The topological polar surface area (TPSA) is 132 Å². The first-order chi connectivity index (χ1) is 17.4. The Morgan fingerprint density at radius 3 is 2.61 bits per heavy atom. The summed E-state index contributed by atoms with van der Waals surface area (Å²) in [6.07, 6.45) is -0.208. The lowest BCUT2D eigenvalue weighted by molar-refractivity contribution is 0.145. The second kappa shape index (κ2) is 8.99. The molecule has 0 bridgehead atoms. The number of hydrogen-bond donors (Lipinski definition) is 1. The molecule has 0 saturated heterocycles. The van der Waals surface area contributed by atoms with Gasteiger partial charge in [-0.15, -0.1) is 5.10 Å². The van der Waals surface area contributed by atoms with Gasteiger partial charge >= 0.3 is 0 Å². The largest absolute Gasteiger partial charge is 0.494 e. The summed E-state index contributed by atoms with van der Waals surface area (Å²) in [4.78, 5) is 12.7. The van der Waals surface area contributed by atoms with Crippen molar-refractivity contribution in [1.82, 2.24) is 39.5 Å². The van der Waals surface area contributed by atoms with Crippen LogP contribution in [0.1, 0.15) is 29.2 Å². The van der Waals surface area contributed by atoms with Crippen molar-refractivity contribution in [1.29, 1.82) is 5.26 Å². The van der Waals surface area contributed by atoms with Gasteiger partial charge in [-0.2, -0.15) is 15.5 Å². The fourth-order valence-electron chi connectivity index (χ4n) is 3.63. The number of rotatable bonds is 6. The van der Waals surface area contributed by atoms with Gasteiger partial charge in [0.1, 0.15) is 23.8 Å². The van der Waals surface area contributed by atoms with Gasteiger partial charge in [-0.3, -0.25) is 4.57 Å². The Kier molecular flexibility index (Phi) is 5.69. The van der Waals surface area contributed by atoms with Crippen molar-refractivity contribution in [3.8, 4) is 23.5 Å². The molecular weight excluding hydrogens is 470 g/mol. The number of aryl methyl sites for hydroxylation is 2. The molecule has 0 radical (unpaired) electrons. The molecule has 0 aliphatic heterocycles. The van der Waals surface area contributed by atoms with Crippen molar-refractivity contribution in [2.24, 2.45) is 0 Å². The molecule has 0 fully saturated rings. The lowest BCUT2D eigenvalue weighted by atomic mass is 10.2. The molecule has 0 atom stereocenters. The van der Waals surface area contributed by atoms with E-state index < -0.39 is 12.1 Å². The third-order valence-electron chi connectivity index (χ3n) is 5.30. The zero-order chi connectivity index (χ0) is 25.4. The number of nitrogens with zero attached hydrogens (tertiary/aromatic N) is 9. The van der Waals surface area contributed by atoms with E-state index in [1.54, 1.807) is 29.7 Å². The summed E-state index contributed by atoms with van der Waals surface area (Å²) >= 11 is 0. The van der Waals surface area contributed by atoms with Gasteiger partial charge in [-0.25, -0.2) is 28.4 Å². The second-order valence-electron chi connectivity index (χ2n) is 7.77. The Labute approximate surface area is 203 Å². The molecular formula is C23H18F2N10O. The number of halogens is 2. The average molecular weight is 488 g/mol. The van der Waals surface area contributed by atoms with Gasteiger partial charge in [-0.1, -0.05) is 0 Å². The number of anilines is 2. The van der Waals surface area contributed by atoms with Gasteiger partial charge in [0.25, 0.3) is 6.43 Å². The molecule has 180 valence electrons. The highest BCUT2D eigenvalue weighted by Gasteiger charge is 2.23. The quantitative estimate of drug-likeness (QED) is 0.377. The molecule has 0 unspecified atom stereocenters. The summed E-state index contributed by atoms with van der Waals surface area (Å²) in [6, 6.07) is 10.5. The van der Waals surface area contributed by atoms with Gasteiger partial charge in [0.05, 0.1) is 41.4 Å². The highest BCUT2D eigenvalue weighted by Crippen LogP contribution is 2.33. The Hall–Kier alpha value is -4.99. The molecule has 36 heavy (non-hydrogen) atoms. The summed E-state index contributed by atoms with van der Waals surface area (Å²) < 4.78 is 35.7. The van der Waals surface area contributed by atoms with Crippen LogP contribution >= 0.6 is 0 Å². The molecule has 4 aromatic heterocycles. The fraction of sp³-hybridized carbons (Fsp3) is 0.174. The lowest BCUT2D eigenvalue weighted by Gasteiger charge is -2.13. The third kappa shape index (κ3) is 4.05. The normalized spacial score (nSPS) is 11.1. The Morgan fingerprint density at radius 1 is 1.08 bits per heavy atom. The molecule has 11 nitrogen and oxygen atoms in total. The van der Waals surface area contributed by atoms with E-state index in [9.17, 15) is 14.0 Å². The van der Waals surface area contributed by atoms with E-state index in [1.165, 1.54) is 25.7 Å². The number of ether oxygens (including phenoxy) is 1. The number of alkyl halides is 2. The molecule has 4 heterocycles. The summed E-state index contributed by atoms with van der Waals surface area (Å²) in [5.41, 5.74) is 2.52. The maximum absolute atomic E-state index is 13.7. The van der Waals surface area contributed by atoms with E-state index in [0.717, 1.165) is 10.4 Å². The van der Waals surface area contributed by atoms with Crippen LogP contribution in [0, 0.1) is 25.2 Å². The molecule has 1 aromatic carbocycles. The van der Waals surface area contributed by atoms with Crippen LogP contribution in [0.5, 0.6) is 5.75 Å². The molecule has 0 saturated carbocycles. The summed E-state index contributed by atoms with van der Waals surface area (Å²) in [7, 11) is 1.52. The van der Waals surface area contributed by atoms with E-state index in [0.29, 0.717) is 34.0 Å². The highest BCUT2D eigenvalue weighted by molar-refractivity contribution is 5.85. The predicted octanol–water partition coefficient (Wildman–Crippen LogP) is 3.97. The van der Waals surface area contributed by atoms with E-state index in [1.807, 2.05) is 19.1 Å². The SMILES string of the molecule is COc1cc2c(cc1Nc1ccc(C)nn1)ncn2-c1cnc(C(F)F)c(-n2nc(C)cc2C#N)n1. The molecule has 0 amide bonds. The number of benzene rings is 1. The van der Waals surface area contributed by atoms with E-state index >= 15 is 0 Å². The smallest absolute Gasteiger partial charge is 0.284 e. The molecule has 5 aromatic rings. The van der Waals surface area contributed by atoms with Crippen LogP contribution in [-0.4, -0.2) is 46.6 Å². The molecule has 5 rings (SSSR count). The fourth-order valence-corrected chi connectivity index (χ4v) is 3.63. The average Bonchev–Trinajstić information content (AvgIpc) is 3.47. The van der Waals surface area contributed by atoms with Gasteiger partial charge in [0, 0.05) is 6.07 Å². The van der Waals surface area contributed by atoms with Crippen molar-refractivity contribution in [3.63, 3.8) is 0 Å². The second-order valence-corrected chi connectivity index (χ2v) is 7.77. The zero-order valence-electron chi connectivity index (χ0n) is 19.3. The minimum atomic E-state index is -2.92. The Morgan fingerprint density at radius 2 is 1.92 bits per heavy atom. The number of fused-ring (bicyclic) bond motifs is 1. The molecule has 13 heteroatoms. The standard InChI is InChI=1S/C23H18F2N10O/c1-12-4-5-19(32-31-12)29-16-7-15-17(8-18(16)36-3)34(11-28-15)20-10-27-21(22(24)25)23(30-20)35-14(9-26)6-13(2)33-35/h4-8,10-11,22H,1-3H3,(H,29,32). The van der Waals surface area contributed by atoms with Crippen LogP contribution in [0.25, 0.3) is 22.7 Å². The Balaban J connectivity index is 1.61. The molecule has 1 N–H and O–H groups in total. The van der Waals surface area contributed by atoms with Crippen molar-refractivity contribution >= 4 is 22.5 Å². The highest BCUT2D eigenvalue weighted by atomic mass is 19.3. The Bertz CT molecular complexity index is 1620. The van der Waals surface area contributed by atoms with Crippen LogP contribution in [0.2, 0.25) is 0 Å². The first kappa shape index (κ1) is 22.8. The summed E-state index contributed by atoms with van der Waals surface area (Å²) in [6.45, 7) is 3.49. The van der Waals surface area contributed by atoms with E-state index in [2.05, 4.69) is 35.6 Å². The number of hydrogen-bond acceptors (Lipinski definition) is 9. The van der Waals surface area contributed by atoms with E-state index in [4.69, 9.17) is 4.74 Å². The first-order valence-corrected chi connectivity index (χ1v) is 10.6.